The number of hydrogen-bond donors (Lipinski definition) is 1. The number of methoxy groups -OCH3 is 1. The van der Waals surface area contributed by atoms with Gasteiger partial charge in [-0.1, -0.05) is 25.1 Å². The van der Waals surface area contributed by atoms with Crippen LogP contribution in [-0.4, -0.2) is 29.2 Å². The lowest BCUT2D eigenvalue weighted by molar-refractivity contribution is -0.117. The van der Waals surface area contributed by atoms with Crippen LogP contribution < -0.4 is 14.8 Å². The van der Waals surface area contributed by atoms with Crippen molar-refractivity contribution in [1.82, 2.24) is 14.9 Å². The van der Waals surface area contributed by atoms with Crippen molar-refractivity contribution in [2.24, 2.45) is 7.05 Å². The fourth-order valence-corrected chi connectivity index (χ4v) is 3.12. The first-order valence-electron chi connectivity index (χ1n) is 10.0. The average Bonchev–Trinajstić information content (AvgIpc) is 3.20. The first-order valence-corrected chi connectivity index (χ1v) is 10.0. The van der Waals surface area contributed by atoms with Crippen LogP contribution in [0, 0.1) is 5.82 Å². The van der Waals surface area contributed by atoms with Crippen LogP contribution in [0.3, 0.4) is 0 Å². The molecule has 0 saturated carbocycles. The van der Waals surface area contributed by atoms with E-state index < -0.39 is 6.04 Å². The molecule has 0 aliphatic heterocycles. The molecule has 1 unspecified atom stereocenters. The highest BCUT2D eigenvalue weighted by molar-refractivity contribution is 5.92. The maximum atomic E-state index is 13.8. The molecule has 1 amide bonds. The molecule has 7 heteroatoms. The third-order valence-corrected chi connectivity index (χ3v) is 4.66. The van der Waals surface area contributed by atoms with Crippen LogP contribution in [-0.2, 0) is 11.8 Å². The summed E-state index contributed by atoms with van der Waals surface area (Å²) in [6.45, 7) is 2.63. The molecule has 2 aromatic carbocycles. The van der Waals surface area contributed by atoms with Crippen LogP contribution in [0.15, 0.2) is 60.9 Å². The van der Waals surface area contributed by atoms with Gasteiger partial charge in [0.2, 0.25) is 5.91 Å². The summed E-state index contributed by atoms with van der Waals surface area (Å²) in [5.74, 6) is 1.15. The number of amides is 1. The summed E-state index contributed by atoms with van der Waals surface area (Å²) in [7, 11) is 3.40. The van der Waals surface area contributed by atoms with Gasteiger partial charge in [-0.05, 0) is 47.9 Å². The molecule has 1 aromatic heterocycles. The Morgan fingerprint density at radius 1 is 1.26 bits per heavy atom. The maximum Gasteiger partial charge on any atom is 0.244 e. The number of rotatable bonds is 9. The Hall–Kier alpha value is -3.61. The minimum Gasteiger partial charge on any atom is -0.493 e. The Balaban J connectivity index is 1.78. The summed E-state index contributed by atoms with van der Waals surface area (Å²) >= 11 is 0. The highest BCUT2D eigenvalue weighted by Crippen LogP contribution is 2.28. The number of aryl methyl sites for hydroxylation is 1. The molecule has 0 fully saturated rings. The van der Waals surface area contributed by atoms with Crippen molar-refractivity contribution in [2.45, 2.75) is 19.4 Å². The molecule has 31 heavy (non-hydrogen) atoms. The number of carbonyl (C=O) groups is 1. The van der Waals surface area contributed by atoms with Gasteiger partial charge in [0.15, 0.2) is 11.5 Å². The van der Waals surface area contributed by atoms with Gasteiger partial charge in [-0.25, -0.2) is 9.37 Å². The summed E-state index contributed by atoms with van der Waals surface area (Å²) in [5, 5.41) is 2.91. The number of carbonyl (C=O) groups excluding carboxylic acids is 1. The second-order valence-electron chi connectivity index (χ2n) is 6.99. The SMILES string of the molecule is CCCOc1ccc(/C=C/C(=O)NC(c2cccc(F)c2)c2nccn2C)cc1OC. The number of nitrogens with zero attached hydrogens (tertiary/aromatic N) is 2. The molecule has 3 rings (SSSR count). The summed E-state index contributed by atoms with van der Waals surface area (Å²) in [6, 6.07) is 11.0. The van der Waals surface area contributed by atoms with Gasteiger partial charge in [0, 0.05) is 25.5 Å². The lowest BCUT2D eigenvalue weighted by Crippen LogP contribution is -2.29. The van der Waals surface area contributed by atoms with Gasteiger partial charge in [-0.15, -0.1) is 0 Å². The van der Waals surface area contributed by atoms with E-state index in [0.717, 1.165) is 12.0 Å². The van der Waals surface area contributed by atoms with Crippen molar-refractivity contribution < 1.29 is 18.7 Å². The molecular formula is C24H26FN3O3. The summed E-state index contributed by atoms with van der Waals surface area (Å²) in [5.41, 5.74) is 1.39. The number of aromatic nitrogens is 2. The zero-order valence-corrected chi connectivity index (χ0v) is 17.8. The number of ether oxygens (including phenoxy) is 2. The average molecular weight is 423 g/mol. The smallest absolute Gasteiger partial charge is 0.244 e. The van der Waals surface area contributed by atoms with Crippen molar-refractivity contribution in [3.8, 4) is 11.5 Å². The molecule has 3 aromatic rings. The van der Waals surface area contributed by atoms with Crippen molar-refractivity contribution in [3.63, 3.8) is 0 Å². The molecule has 6 nitrogen and oxygen atoms in total. The summed E-state index contributed by atoms with van der Waals surface area (Å²) < 4.78 is 26.6. The van der Waals surface area contributed by atoms with E-state index in [9.17, 15) is 9.18 Å². The minimum atomic E-state index is -0.591. The minimum absolute atomic E-state index is 0.331. The lowest BCUT2D eigenvalue weighted by Gasteiger charge is -2.18. The fourth-order valence-electron chi connectivity index (χ4n) is 3.12. The predicted molar refractivity (Wildman–Crippen MR) is 117 cm³/mol. The Kier molecular flexibility index (Phi) is 7.43. The van der Waals surface area contributed by atoms with Crippen molar-refractivity contribution in [1.29, 1.82) is 0 Å². The molecule has 1 atom stereocenters. The molecule has 0 spiro atoms. The topological polar surface area (TPSA) is 65.4 Å². The normalized spacial score (nSPS) is 12.0. The van der Waals surface area contributed by atoms with E-state index in [1.54, 1.807) is 48.3 Å². The Morgan fingerprint density at radius 3 is 2.77 bits per heavy atom. The molecule has 1 heterocycles. The lowest BCUT2D eigenvalue weighted by atomic mass is 10.1. The quantitative estimate of drug-likeness (QED) is 0.522. The van der Waals surface area contributed by atoms with Crippen LogP contribution in [0.25, 0.3) is 6.08 Å². The number of nitrogens with one attached hydrogen (secondary N) is 1. The Bertz CT molecular complexity index is 1060. The van der Waals surface area contributed by atoms with E-state index in [2.05, 4.69) is 10.3 Å². The van der Waals surface area contributed by atoms with Crippen LogP contribution in [0.1, 0.15) is 36.3 Å². The molecule has 0 radical (unpaired) electrons. The third kappa shape index (κ3) is 5.72. The van der Waals surface area contributed by atoms with E-state index in [1.807, 2.05) is 26.1 Å². The molecule has 0 bridgehead atoms. The van der Waals surface area contributed by atoms with Crippen molar-refractivity contribution in [3.05, 3.63) is 83.7 Å². The Labute approximate surface area is 181 Å². The van der Waals surface area contributed by atoms with Crippen LogP contribution in [0.4, 0.5) is 4.39 Å². The molecule has 1 N–H and O–H groups in total. The first-order chi connectivity index (χ1) is 15.0. The number of benzene rings is 2. The van der Waals surface area contributed by atoms with Crippen molar-refractivity contribution in [2.75, 3.05) is 13.7 Å². The maximum absolute atomic E-state index is 13.8. The molecule has 0 aliphatic carbocycles. The third-order valence-electron chi connectivity index (χ3n) is 4.66. The number of imidazole rings is 1. The molecule has 162 valence electrons. The monoisotopic (exact) mass is 423 g/mol. The van der Waals surface area contributed by atoms with Gasteiger partial charge in [0.1, 0.15) is 17.7 Å². The first kappa shape index (κ1) is 22.1. The van der Waals surface area contributed by atoms with Gasteiger partial charge >= 0.3 is 0 Å². The van der Waals surface area contributed by atoms with Crippen LogP contribution >= 0.6 is 0 Å². The van der Waals surface area contributed by atoms with E-state index in [4.69, 9.17) is 9.47 Å². The predicted octanol–water partition coefficient (Wildman–Crippen LogP) is 4.28. The molecule has 0 aliphatic rings. The van der Waals surface area contributed by atoms with Gasteiger partial charge in [-0.3, -0.25) is 4.79 Å². The van der Waals surface area contributed by atoms with Gasteiger partial charge in [-0.2, -0.15) is 0 Å². The largest absolute Gasteiger partial charge is 0.493 e. The number of halogens is 1. The van der Waals surface area contributed by atoms with E-state index >= 15 is 0 Å². The summed E-state index contributed by atoms with van der Waals surface area (Å²) in [6.07, 6.45) is 7.42. The van der Waals surface area contributed by atoms with Crippen LogP contribution in [0.5, 0.6) is 11.5 Å². The van der Waals surface area contributed by atoms with Crippen molar-refractivity contribution >= 4 is 12.0 Å². The zero-order valence-electron chi connectivity index (χ0n) is 17.8. The van der Waals surface area contributed by atoms with Gasteiger partial charge in [0.05, 0.1) is 13.7 Å². The van der Waals surface area contributed by atoms with E-state index in [-0.39, 0.29) is 11.7 Å². The Morgan fingerprint density at radius 2 is 2.10 bits per heavy atom. The molecule has 0 saturated heterocycles. The number of hydrogen-bond acceptors (Lipinski definition) is 4. The van der Waals surface area contributed by atoms with Gasteiger partial charge in [0.25, 0.3) is 0 Å². The van der Waals surface area contributed by atoms with E-state index in [0.29, 0.717) is 29.5 Å². The molecular weight excluding hydrogens is 397 g/mol. The standard InChI is InChI=1S/C24H26FN3O3/c1-4-14-31-20-10-8-17(15-21(20)30-3)9-11-22(29)27-23(24-26-12-13-28(24)2)18-6-5-7-19(25)16-18/h5-13,15-16,23H,4,14H2,1-3H3,(H,27,29)/b11-9+. The fraction of sp³-hybridized carbons (Fsp3) is 0.250. The zero-order chi connectivity index (χ0) is 22.2. The van der Waals surface area contributed by atoms with Crippen LogP contribution in [0.2, 0.25) is 0 Å². The second kappa shape index (κ2) is 10.4. The van der Waals surface area contributed by atoms with Gasteiger partial charge < -0.3 is 19.4 Å². The highest BCUT2D eigenvalue weighted by Gasteiger charge is 2.20. The second-order valence-corrected chi connectivity index (χ2v) is 6.99. The highest BCUT2D eigenvalue weighted by atomic mass is 19.1. The summed E-state index contributed by atoms with van der Waals surface area (Å²) in [4.78, 5) is 17.0. The van der Waals surface area contributed by atoms with E-state index in [1.165, 1.54) is 18.2 Å².